The van der Waals surface area contributed by atoms with Crippen LogP contribution in [0.3, 0.4) is 0 Å². The van der Waals surface area contributed by atoms with Gasteiger partial charge >= 0.3 is 0 Å². The summed E-state index contributed by atoms with van der Waals surface area (Å²) < 4.78 is 6.99. The standard InChI is InChI=1S/C23H20ClN5O2S/c1-15-8-13-20(31-2)19(14-15)25-22(30)21(16-6-4-3-5-7-16)32-23-26-27-28-29(23)18-11-9-17(24)10-12-18/h3-14,21H,1-2H3,(H,25,30)/t21-/m1/s1. The molecule has 0 saturated carbocycles. The number of halogens is 1. The Bertz CT molecular complexity index is 1210. The molecule has 0 unspecified atom stereocenters. The van der Waals surface area contributed by atoms with Crippen molar-refractivity contribution in [3.8, 4) is 11.4 Å². The smallest absolute Gasteiger partial charge is 0.242 e. The van der Waals surface area contributed by atoms with Gasteiger partial charge < -0.3 is 10.1 Å². The van der Waals surface area contributed by atoms with E-state index in [4.69, 9.17) is 16.3 Å². The average molecular weight is 466 g/mol. The molecule has 7 nitrogen and oxygen atoms in total. The number of thioether (sulfide) groups is 1. The predicted molar refractivity (Wildman–Crippen MR) is 126 cm³/mol. The Hall–Kier alpha value is -3.36. The molecule has 32 heavy (non-hydrogen) atoms. The Balaban J connectivity index is 1.66. The van der Waals surface area contributed by atoms with Gasteiger partial charge in [0.25, 0.3) is 0 Å². The summed E-state index contributed by atoms with van der Waals surface area (Å²) in [7, 11) is 1.57. The number of hydrogen-bond donors (Lipinski definition) is 1. The maximum absolute atomic E-state index is 13.4. The Morgan fingerprint density at radius 3 is 2.56 bits per heavy atom. The number of methoxy groups -OCH3 is 1. The number of anilines is 1. The van der Waals surface area contributed by atoms with Crippen LogP contribution in [0.2, 0.25) is 5.02 Å². The summed E-state index contributed by atoms with van der Waals surface area (Å²) in [5.41, 5.74) is 3.19. The van der Waals surface area contributed by atoms with E-state index in [1.807, 2.05) is 67.6 Å². The molecule has 0 saturated heterocycles. The number of nitrogens with one attached hydrogen (secondary N) is 1. The summed E-state index contributed by atoms with van der Waals surface area (Å²) in [6.07, 6.45) is 0. The molecule has 3 aromatic carbocycles. The van der Waals surface area contributed by atoms with Gasteiger partial charge in [0.2, 0.25) is 11.1 Å². The summed E-state index contributed by atoms with van der Waals surface area (Å²) in [5, 5.41) is 15.5. The van der Waals surface area contributed by atoms with Gasteiger partial charge in [-0.25, -0.2) is 0 Å². The van der Waals surface area contributed by atoms with Gasteiger partial charge in [0.05, 0.1) is 18.5 Å². The number of aromatic nitrogens is 4. The second-order valence-electron chi connectivity index (χ2n) is 6.95. The molecule has 9 heteroatoms. The van der Waals surface area contributed by atoms with Gasteiger partial charge in [-0.3, -0.25) is 4.79 Å². The lowest BCUT2D eigenvalue weighted by Crippen LogP contribution is -2.20. The Morgan fingerprint density at radius 1 is 1.09 bits per heavy atom. The lowest BCUT2D eigenvalue weighted by molar-refractivity contribution is -0.115. The van der Waals surface area contributed by atoms with Crippen LogP contribution in [0.4, 0.5) is 5.69 Å². The van der Waals surface area contributed by atoms with E-state index < -0.39 is 5.25 Å². The highest BCUT2D eigenvalue weighted by Gasteiger charge is 2.26. The molecular formula is C23H20ClN5O2S. The van der Waals surface area contributed by atoms with Crippen molar-refractivity contribution in [2.24, 2.45) is 0 Å². The van der Waals surface area contributed by atoms with Gasteiger partial charge in [-0.05, 0) is 64.9 Å². The van der Waals surface area contributed by atoms with Crippen LogP contribution < -0.4 is 10.1 Å². The third-order valence-corrected chi connectivity index (χ3v) is 6.13. The SMILES string of the molecule is COc1ccc(C)cc1NC(=O)[C@H](Sc1nnnn1-c1ccc(Cl)cc1)c1ccccc1. The van der Waals surface area contributed by atoms with Gasteiger partial charge in [-0.1, -0.05) is 59.8 Å². The van der Waals surface area contributed by atoms with Crippen LogP contribution in [0.25, 0.3) is 5.69 Å². The maximum atomic E-state index is 13.4. The number of ether oxygens (including phenoxy) is 1. The minimum atomic E-state index is -0.599. The molecule has 0 fully saturated rings. The monoisotopic (exact) mass is 465 g/mol. The Morgan fingerprint density at radius 2 is 1.84 bits per heavy atom. The van der Waals surface area contributed by atoms with E-state index in [0.29, 0.717) is 21.6 Å². The van der Waals surface area contributed by atoms with Gasteiger partial charge in [0.1, 0.15) is 11.0 Å². The van der Waals surface area contributed by atoms with Crippen molar-refractivity contribution in [2.75, 3.05) is 12.4 Å². The number of carbonyl (C=O) groups excluding carboxylic acids is 1. The topological polar surface area (TPSA) is 81.9 Å². The zero-order valence-electron chi connectivity index (χ0n) is 17.4. The molecule has 0 aliphatic carbocycles. The first-order valence-corrected chi connectivity index (χ1v) is 11.0. The van der Waals surface area contributed by atoms with Crippen LogP contribution >= 0.6 is 23.4 Å². The molecule has 1 aromatic heterocycles. The van der Waals surface area contributed by atoms with Crippen LogP contribution in [0.15, 0.2) is 78.0 Å². The van der Waals surface area contributed by atoms with Gasteiger partial charge in [-0.2, -0.15) is 4.68 Å². The second kappa shape index (κ2) is 9.84. The summed E-state index contributed by atoms with van der Waals surface area (Å²) in [6.45, 7) is 1.96. The van der Waals surface area contributed by atoms with E-state index in [9.17, 15) is 4.79 Å². The molecule has 0 aliphatic rings. The van der Waals surface area contributed by atoms with Gasteiger partial charge in [-0.15, -0.1) is 5.10 Å². The normalized spacial score (nSPS) is 11.7. The number of benzene rings is 3. The second-order valence-corrected chi connectivity index (χ2v) is 8.46. The predicted octanol–water partition coefficient (Wildman–Crippen LogP) is 5.10. The zero-order chi connectivity index (χ0) is 22.5. The van der Waals surface area contributed by atoms with Crippen molar-refractivity contribution in [1.82, 2.24) is 20.2 Å². The number of tetrazole rings is 1. The minimum absolute atomic E-state index is 0.212. The first kappa shape index (κ1) is 21.9. The van der Waals surface area contributed by atoms with Crippen LogP contribution in [0.5, 0.6) is 5.75 Å². The fourth-order valence-electron chi connectivity index (χ4n) is 3.12. The molecule has 4 aromatic rings. The molecule has 1 amide bonds. The molecule has 0 radical (unpaired) electrons. The summed E-state index contributed by atoms with van der Waals surface area (Å²) in [4.78, 5) is 13.4. The van der Waals surface area contributed by atoms with Crippen LogP contribution in [0, 0.1) is 6.92 Å². The van der Waals surface area contributed by atoms with Crippen molar-refractivity contribution >= 4 is 35.0 Å². The molecule has 0 bridgehead atoms. The number of rotatable bonds is 7. The van der Waals surface area contributed by atoms with Gasteiger partial charge in [0, 0.05) is 5.02 Å². The Labute approximate surface area is 194 Å². The van der Waals surface area contributed by atoms with Gasteiger partial charge in [0.15, 0.2) is 0 Å². The summed E-state index contributed by atoms with van der Waals surface area (Å²) >= 11 is 7.26. The molecule has 0 spiro atoms. The van der Waals surface area contributed by atoms with E-state index in [1.165, 1.54) is 11.8 Å². The van der Waals surface area contributed by atoms with E-state index in [0.717, 1.165) is 16.8 Å². The lowest BCUT2D eigenvalue weighted by atomic mass is 10.1. The number of amides is 1. The maximum Gasteiger partial charge on any atom is 0.242 e. The number of carbonyl (C=O) groups is 1. The molecule has 1 N–H and O–H groups in total. The highest BCUT2D eigenvalue weighted by Crippen LogP contribution is 2.37. The summed E-state index contributed by atoms with van der Waals surface area (Å²) in [5.74, 6) is 0.377. The highest BCUT2D eigenvalue weighted by atomic mass is 35.5. The third kappa shape index (κ3) is 4.92. The highest BCUT2D eigenvalue weighted by molar-refractivity contribution is 8.00. The quantitative estimate of drug-likeness (QED) is 0.382. The van der Waals surface area contributed by atoms with E-state index in [1.54, 1.807) is 23.9 Å². The molecule has 162 valence electrons. The molecule has 0 aliphatic heterocycles. The van der Waals surface area contributed by atoms with Crippen molar-refractivity contribution in [3.05, 3.63) is 88.9 Å². The first-order valence-electron chi connectivity index (χ1n) is 9.76. The lowest BCUT2D eigenvalue weighted by Gasteiger charge is -2.18. The Kier molecular flexibility index (Phi) is 6.72. The number of nitrogens with zero attached hydrogens (tertiary/aromatic N) is 4. The van der Waals surface area contributed by atoms with Crippen molar-refractivity contribution in [2.45, 2.75) is 17.3 Å². The van der Waals surface area contributed by atoms with Crippen molar-refractivity contribution in [3.63, 3.8) is 0 Å². The molecular weight excluding hydrogens is 446 g/mol. The molecule has 4 rings (SSSR count). The fraction of sp³-hybridized carbons (Fsp3) is 0.130. The van der Waals surface area contributed by atoms with Crippen LogP contribution in [-0.2, 0) is 4.79 Å². The van der Waals surface area contributed by atoms with E-state index >= 15 is 0 Å². The molecule has 1 atom stereocenters. The third-order valence-electron chi connectivity index (χ3n) is 4.69. The van der Waals surface area contributed by atoms with Crippen LogP contribution in [0.1, 0.15) is 16.4 Å². The zero-order valence-corrected chi connectivity index (χ0v) is 19.0. The van der Waals surface area contributed by atoms with Crippen LogP contribution in [-0.4, -0.2) is 33.2 Å². The fourth-order valence-corrected chi connectivity index (χ4v) is 4.24. The number of aryl methyl sites for hydroxylation is 1. The minimum Gasteiger partial charge on any atom is -0.495 e. The number of hydrogen-bond acceptors (Lipinski definition) is 6. The summed E-state index contributed by atoms with van der Waals surface area (Å²) in [6, 6.07) is 22.3. The average Bonchev–Trinajstić information content (AvgIpc) is 3.27. The van der Waals surface area contributed by atoms with E-state index in [-0.39, 0.29) is 5.91 Å². The van der Waals surface area contributed by atoms with Crippen molar-refractivity contribution in [1.29, 1.82) is 0 Å². The van der Waals surface area contributed by atoms with E-state index in [2.05, 4.69) is 20.8 Å². The van der Waals surface area contributed by atoms with Crippen molar-refractivity contribution < 1.29 is 9.53 Å². The molecule has 1 heterocycles. The largest absolute Gasteiger partial charge is 0.495 e. The first-order chi connectivity index (χ1) is 15.5.